The molecule has 2 amide bonds. The van der Waals surface area contributed by atoms with Gasteiger partial charge in [-0.25, -0.2) is 4.98 Å². The van der Waals surface area contributed by atoms with Gasteiger partial charge in [-0.2, -0.15) is 0 Å². The number of anilines is 2. The van der Waals surface area contributed by atoms with Gasteiger partial charge >= 0.3 is 0 Å². The summed E-state index contributed by atoms with van der Waals surface area (Å²) in [5.74, 6) is 0.319. The third kappa shape index (κ3) is 3.93. The predicted molar refractivity (Wildman–Crippen MR) is 99.8 cm³/mol. The summed E-state index contributed by atoms with van der Waals surface area (Å²) < 4.78 is 5.28. The topological polar surface area (TPSA) is 74.8 Å². The zero-order chi connectivity index (χ0) is 18.5. The largest absolute Gasteiger partial charge is 0.495 e. The van der Waals surface area contributed by atoms with Crippen LogP contribution in [-0.4, -0.2) is 55.5 Å². The number of aromatic nitrogens is 1. The molecule has 0 spiro atoms. The summed E-state index contributed by atoms with van der Waals surface area (Å²) >= 11 is 0. The number of carbonyl (C=O) groups is 2. The number of piperazine rings is 1. The van der Waals surface area contributed by atoms with E-state index < -0.39 is 0 Å². The van der Waals surface area contributed by atoms with Crippen molar-refractivity contribution >= 4 is 23.7 Å². The summed E-state index contributed by atoms with van der Waals surface area (Å²) in [6.45, 7) is 4.85. The lowest BCUT2D eigenvalue weighted by molar-refractivity contribution is -0.118. The minimum absolute atomic E-state index is 0.286. The lowest BCUT2D eigenvalue weighted by Crippen LogP contribution is -2.45. The summed E-state index contributed by atoms with van der Waals surface area (Å²) in [6, 6.07) is 9.19. The van der Waals surface area contributed by atoms with Crippen molar-refractivity contribution in [1.29, 1.82) is 0 Å². The lowest BCUT2D eigenvalue weighted by Gasteiger charge is -2.33. The van der Waals surface area contributed by atoms with E-state index in [1.165, 1.54) is 0 Å². The molecule has 7 heteroatoms. The number of nitrogens with one attached hydrogen (secondary N) is 1. The molecule has 3 rings (SSSR count). The van der Waals surface area contributed by atoms with Gasteiger partial charge in [0, 0.05) is 26.2 Å². The normalized spacial score (nSPS) is 14.1. The Labute approximate surface area is 152 Å². The van der Waals surface area contributed by atoms with Crippen molar-refractivity contribution in [2.24, 2.45) is 0 Å². The Hall–Kier alpha value is -3.09. The Balaban J connectivity index is 1.68. The van der Waals surface area contributed by atoms with Gasteiger partial charge in [-0.1, -0.05) is 6.07 Å². The van der Waals surface area contributed by atoms with Crippen molar-refractivity contribution in [3.8, 4) is 5.75 Å². The molecule has 0 aliphatic carbocycles. The van der Waals surface area contributed by atoms with E-state index in [1.807, 2.05) is 31.2 Å². The van der Waals surface area contributed by atoms with Gasteiger partial charge in [0.05, 0.1) is 24.7 Å². The Kier molecular flexibility index (Phi) is 5.36. The molecular weight excluding hydrogens is 332 g/mol. The van der Waals surface area contributed by atoms with Crippen LogP contribution >= 0.6 is 0 Å². The first kappa shape index (κ1) is 17.7. The monoisotopic (exact) mass is 354 g/mol. The summed E-state index contributed by atoms with van der Waals surface area (Å²) in [5.41, 5.74) is 2.93. The molecule has 0 atom stereocenters. The summed E-state index contributed by atoms with van der Waals surface area (Å²) in [5, 5.41) is 2.85. The van der Waals surface area contributed by atoms with Gasteiger partial charge in [0.15, 0.2) is 0 Å². The molecular formula is C19H22N4O3. The van der Waals surface area contributed by atoms with Crippen LogP contribution in [0.4, 0.5) is 11.4 Å². The Morgan fingerprint density at radius 1 is 1.19 bits per heavy atom. The van der Waals surface area contributed by atoms with Crippen LogP contribution < -0.4 is 15.0 Å². The van der Waals surface area contributed by atoms with Crippen LogP contribution in [0.5, 0.6) is 5.75 Å². The number of ether oxygens (including phenoxy) is 1. The number of nitrogens with zero attached hydrogens (tertiary/aromatic N) is 3. The average Bonchev–Trinajstić information content (AvgIpc) is 2.68. The van der Waals surface area contributed by atoms with E-state index in [9.17, 15) is 9.59 Å². The van der Waals surface area contributed by atoms with Crippen LogP contribution in [-0.2, 0) is 4.79 Å². The summed E-state index contributed by atoms with van der Waals surface area (Å²) in [6.07, 6.45) is 2.57. The highest BCUT2D eigenvalue weighted by Crippen LogP contribution is 2.25. The fourth-order valence-corrected chi connectivity index (χ4v) is 2.90. The Morgan fingerprint density at radius 3 is 2.58 bits per heavy atom. The Morgan fingerprint density at radius 2 is 1.96 bits per heavy atom. The van der Waals surface area contributed by atoms with E-state index in [1.54, 1.807) is 24.3 Å². The Bertz CT molecular complexity index is 784. The number of aryl methyl sites for hydroxylation is 1. The van der Waals surface area contributed by atoms with Crippen LogP contribution in [0.2, 0.25) is 0 Å². The molecule has 0 unspecified atom stereocenters. The van der Waals surface area contributed by atoms with Gasteiger partial charge in [0.1, 0.15) is 11.4 Å². The number of hydrogen-bond donors (Lipinski definition) is 1. The first-order valence-electron chi connectivity index (χ1n) is 8.47. The van der Waals surface area contributed by atoms with Crippen molar-refractivity contribution in [3.63, 3.8) is 0 Å². The van der Waals surface area contributed by atoms with E-state index in [4.69, 9.17) is 4.74 Å². The highest BCUT2D eigenvalue weighted by molar-refractivity contribution is 6.03. The molecule has 0 bridgehead atoms. The standard InChI is InChI=1S/C19H22N4O3/c1-14-3-6-18(26-2)17(11-14)21-19(25)16-5-4-15(12-20-16)23-9-7-22(13-24)8-10-23/h3-6,11-13H,7-10H2,1-2H3,(H,21,25). The van der Waals surface area contributed by atoms with Gasteiger partial charge in [-0.15, -0.1) is 0 Å². The van der Waals surface area contributed by atoms with Crippen LogP contribution in [0.3, 0.4) is 0 Å². The molecule has 1 aliphatic heterocycles. The van der Waals surface area contributed by atoms with Crippen molar-refractivity contribution in [2.75, 3.05) is 43.5 Å². The smallest absolute Gasteiger partial charge is 0.274 e. The molecule has 136 valence electrons. The van der Waals surface area contributed by atoms with E-state index >= 15 is 0 Å². The molecule has 1 aromatic heterocycles. The van der Waals surface area contributed by atoms with E-state index in [0.717, 1.165) is 30.8 Å². The first-order valence-corrected chi connectivity index (χ1v) is 8.47. The quantitative estimate of drug-likeness (QED) is 0.831. The van der Waals surface area contributed by atoms with Crippen molar-refractivity contribution in [2.45, 2.75) is 6.92 Å². The lowest BCUT2D eigenvalue weighted by atomic mass is 10.2. The number of amides is 2. The van der Waals surface area contributed by atoms with Gasteiger partial charge in [-0.05, 0) is 36.8 Å². The highest BCUT2D eigenvalue weighted by atomic mass is 16.5. The fourth-order valence-electron chi connectivity index (χ4n) is 2.90. The number of benzene rings is 1. The second-order valence-electron chi connectivity index (χ2n) is 6.19. The minimum Gasteiger partial charge on any atom is -0.495 e. The molecule has 2 aromatic rings. The summed E-state index contributed by atoms with van der Waals surface area (Å²) in [7, 11) is 1.57. The third-order valence-corrected chi connectivity index (χ3v) is 4.41. The van der Waals surface area contributed by atoms with Crippen LogP contribution in [0.1, 0.15) is 16.1 Å². The maximum absolute atomic E-state index is 12.5. The SMILES string of the molecule is COc1ccc(C)cc1NC(=O)c1ccc(N2CCN(C=O)CC2)cn1. The number of methoxy groups -OCH3 is 1. The molecule has 26 heavy (non-hydrogen) atoms. The van der Waals surface area contributed by atoms with Gasteiger partial charge in [0.25, 0.3) is 5.91 Å². The third-order valence-electron chi connectivity index (χ3n) is 4.41. The maximum Gasteiger partial charge on any atom is 0.274 e. The molecule has 0 radical (unpaired) electrons. The second kappa shape index (κ2) is 7.86. The molecule has 2 heterocycles. The zero-order valence-corrected chi connectivity index (χ0v) is 14.9. The molecule has 1 aliphatic rings. The minimum atomic E-state index is -0.286. The zero-order valence-electron chi connectivity index (χ0n) is 14.9. The number of rotatable bonds is 5. The number of hydrogen-bond acceptors (Lipinski definition) is 5. The highest BCUT2D eigenvalue weighted by Gasteiger charge is 2.17. The maximum atomic E-state index is 12.5. The number of carbonyl (C=O) groups excluding carboxylic acids is 2. The van der Waals surface area contributed by atoms with Gasteiger partial charge in [0.2, 0.25) is 6.41 Å². The molecule has 0 saturated carbocycles. The van der Waals surface area contributed by atoms with Crippen LogP contribution in [0, 0.1) is 6.92 Å². The van der Waals surface area contributed by atoms with Crippen LogP contribution in [0.25, 0.3) is 0 Å². The first-order chi connectivity index (χ1) is 12.6. The van der Waals surface area contributed by atoms with E-state index in [-0.39, 0.29) is 5.91 Å². The van der Waals surface area contributed by atoms with E-state index in [0.29, 0.717) is 30.2 Å². The van der Waals surface area contributed by atoms with Gasteiger partial charge in [-0.3, -0.25) is 9.59 Å². The van der Waals surface area contributed by atoms with Gasteiger partial charge < -0.3 is 19.9 Å². The predicted octanol–water partition coefficient (Wildman–Crippen LogP) is 1.93. The molecule has 1 N–H and O–H groups in total. The summed E-state index contributed by atoms with van der Waals surface area (Å²) in [4.78, 5) is 31.4. The molecule has 1 fully saturated rings. The molecule has 1 saturated heterocycles. The van der Waals surface area contributed by atoms with Crippen LogP contribution in [0.15, 0.2) is 36.5 Å². The molecule has 7 nitrogen and oxygen atoms in total. The van der Waals surface area contributed by atoms with Crippen molar-refractivity contribution in [3.05, 3.63) is 47.8 Å². The van der Waals surface area contributed by atoms with E-state index in [2.05, 4.69) is 15.2 Å². The fraction of sp³-hybridized carbons (Fsp3) is 0.316. The average molecular weight is 354 g/mol. The van der Waals surface area contributed by atoms with Crippen molar-refractivity contribution < 1.29 is 14.3 Å². The molecule has 1 aromatic carbocycles. The number of pyridine rings is 1. The van der Waals surface area contributed by atoms with Crippen molar-refractivity contribution in [1.82, 2.24) is 9.88 Å². The second-order valence-corrected chi connectivity index (χ2v) is 6.19.